The van der Waals surface area contributed by atoms with Crippen molar-refractivity contribution in [2.24, 2.45) is 0 Å². The molecule has 1 amide bonds. The molecule has 0 saturated carbocycles. The highest BCUT2D eigenvalue weighted by atomic mass is 16.5. The Morgan fingerprint density at radius 2 is 1.64 bits per heavy atom. The van der Waals surface area contributed by atoms with E-state index in [2.05, 4.69) is 10.3 Å². The van der Waals surface area contributed by atoms with Gasteiger partial charge in [-0.25, -0.2) is 4.79 Å². The van der Waals surface area contributed by atoms with Crippen molar-refractivity contribution in [3.8, 4) is 5.75 Å². The molecule has 0 aliphatic carbocycles. The zero-order chi connectivity index (χ0) is 23.0. The van der Waals surface area contributed by atoms with Crippen LogP contribution < -0.4 is 10.1 Å². The molecule has 168 valence electrons. The number of aromatic nitrogens is 1. The van der Waals surface area contributed by atoms with Crippen molar-refractivity contribution in [3.63, 3.8) is 0 Å². The minimum atomic E-state index is -1.05. The number of aryl methyl sites for hydroxylation is 1. The lowest BCUT2D eigenvalue weighted by atomic mass is 10.0. The number of amides is 1. The molecular formula is C27H26N2O4. The fraction of sp³-hybridized carbons (Fsp3) is 0.185. The third-order valence-electron chi connectivity index (χ3n) is 5.54. The maximum absolute atomic E-state index is 12.4. The van der Waals surface area contributed by atoms with Gasteiger partial charge in [-0.2, -0.15) is 0 Å². The van der Waals surface area contributed by atoms with Crippen molar-refractivity contribution in [2.45, 2.75) is 31.9 Å². The molecule has 3 aromatic carbocycles. The molecule has 1 atom stereocenters. The summed E-state index contributed by atoms with van der Waals surface area (Å²) >= 11 is 0. The van der Waals surface area contributed by atoms with Gasteiger partial charge in [0.1, 0.15) is 18.4 Å². The van der Waals surface area contributed by atoms with Gasteiger partial charge in [0, 0.05) is 29.9 Å². The molecule has 4 aromatic rings. The Morgan fingerprint density at radius 1 is 0.909 bits per heavy atom. The summed E-state index contributed by atoms with van der Waals surface area (Å²) < 4.78 is 5.78. The van der Waals surface area contributed by atoms with Crippen LogP contribution in [0.1, 0.15) is 23.1 Å². The van der Waals surface area contributed by atoms with Crippen LogP contribution in [0.4, 0.5) is 0 Å². The number of para-hydroxylation sites is 1. The molecule has 0 radical (unpaired) electrons. The number of nitrogens with one attached hydrogen (secondary N) is 2. The highest BCUT2D eigenvalue weighted by Crippen LogP contribution is 2.19. The van der Waals surface area contributed by atoms with Gasteiger partial charge in [0.05, 0.1) is 0 Å². The molecule has 0 saturated heterocycles. The van der Waals surface area contributed by atoms with E-state index in [-0.39, 0.29) is 18.7 Å². The number of aromatic amines is 1. The van der Waals surface area contributed by atoms with Crippen LogP contribution >= 0.6 is 0 Å². The summed E-state index contributed by atoms with van der Waals surface area (Å²) in [5.41, 5.74) is 3.89. The van der Waals surface area contributed by atoms with Crippen molar-refractivity contribution in [1.82, 2.24) is 10.3 Å². The van der Waals surface area contributed by atoms with E-state index in [4.69, 9.17) is 4.74 Å². The van der Waals surface area contributed by atoms with Gasteiger partial charge in [-0.05, 0) is 41.3 Å². The predicted molar refractivity (Wildman–Crippen MR) is 127 cm³/mol. The summed E-state index contributed by atoms with van der Waals surface area (Å²) in [4.78, 5) is 27.3. The van der Waals surface area contributed by atoms with Crippen LogP contribution in [0.3, 0.4) is 0 Å². The Hall–Kier alpha value is -4.06. The number of carboxylic acid groups (broad SMARTS) is 1. The van der Waals surface area contributed by atoms with E-state index in [1.807, 2.05) is 78.9 Å². The van der Waals surface area contributed by atoms with Gasteiger partial charge in [-0.1, -0.05) is 60.7 Å². The highest BCUT2D eigenvalue weighted by Gasteiger charge is 2.21. The molecular weight excluding hydrogens is 416 g/mol. The van der Waals surface area contributed by atoms with Gasteiger partial charge in [-0.15, -0.1) is 0 Å². The number of aliphatic carboxylic acids is 1. The van der Waals surface area contributed by atoms with E-state index in [1.165, 1.54) is 0 Å². The number of carbonyl (C=O) groups excluding carboxylic acids is 1. The van der Waals surface area contributed by atoms with Crippen LogP contribution in [-0.2, 0) is 29.0 Å². The SMILES string of the molecule is O=C(CCc1ccc(OCc2ccccc2)cc1)N[C@@H](Cc1c[nH]c2ccccc12)C(=O)O. The first-order valence-corrected chi connectivity index (χ1v) is 10.9. The number of hydrogen-bond acceptors (Lipinski definition) is 3. The molecule has 0 aliphatic heterocycles. The average Bonchev–Trinajstić information content (AvgIpc) is 3.25. The normalized spacial score (nSPS) is 11.8. The van der Waals surface area contributed by atoms with Crippen LogP contribution in [0.5, 0.6) is 5.75 Å². The molecule has 0 fully saturated rings. The van der Waals surface area contributed by atoms with E-state index in [1.54, 1.807) is 6.20 Å². The number of rotatable bonds is 10. The number of hydrogen-bond donors (Lipinski definition) is 3. The molecule has 0 spiro atoms. The van der Waals surface area contributed by atoms with E-state index < -0.39 is 12.0 Å². The van der Waals surface area contributed by atoms with Gasteiger partial charge in [0.15, 0.2) is 0 Å². The topological polar surface area (TPSA) is 91.4 Å². The summed E-state index contributed by atoms with van der Waals surface area (Å²) in [5, 5.41) is 13.2. The van der Waals surface area contributed by atoms with Gasteiger partial charge in [0.25, 0.3) is 0 Å². The molecule has 6 nitrogen and oxygen atoms in total. The average molecular weight is 443 g/mol. The minimum Gasteiger partial charge on any atom is -0.489 e. The molecule has 1 heterocycles. The number of ether oxygens (including phenoxy) is 1. The fourth-order valence-corrected chi connectivity index (χ4v) is 3.74. The number of carbonyl (C=O) groups is 2. The summed E-state index contributed by atoms with van der Waals surface area (Å²) in [6, 6.07) is 24.3. The van der Waals surface area contributed by atoms with Crippen LogP contribution in [0.25, 0.3) is 10.9 Å². The number of H-pyrrole nitrogens is 1. The monoisotopic (exact) mass is 442 g/mol. The van der Waals surface area contributed by atoms with Gasteiger partial charge in [-0.3, -0.25) is 4.79 Å². The van der Waals surface area contributed by atoms with E-state index in [9.17, 15) is 14.7 Å². The van der Waals surface area contributed by atoms with Crippen molar-refractivity contribution >= 4 is 22.8 Å². The predicted octanol–water partition coefficient (Wildman–Crippen LogP) is 4.49. The Bertz CT molecular complexity index is 1220. The lowest BCUT2D eigenvalue weighted by Gasteiger charge is -2.14. The molecule has 0 unspecified atom stereocenters. The van der Waals surface area contributed by atoms with Gasteiger partial charge in [0.2, 0.25) is 5.91 Å². The smallest absolute Gasteiger partial charge is 0.326 e. The second-order valence-electron chi connectivity index (χ2n) is 7.94. The zero-order valence-electron chi connectivity index (χ0n) is 18.2. The summed E-state index contributed by atoms with van der Waals surface area (Å²) in [6.45, 7) is 0.496. The molecule has 33 heavy (non-hydrogen) atoms. The fourth-order valence-electron chi connectivity index (χ4n) is 3.74. The van der Waals surface area contributed by atoms with Gasteiger partial charge >= 0.3 is 5.97 Å². The second-order valence-corrected chi connectivity index (χ2v) is 7.94. The Balaban J connectivity index is 1.28. The molecule has 6 heteroatoms. The number of fused-ring (bicyclic) bond motifs is 1. The standard InChI is InChI=1S/C27H26N2O4/c30-26(29-25(27(31)32)16-21-17-28-24-9-5-4-8-23(21)24)15-12-19-10-13-22(14-11-19)33-18-20-6-2-1-3-7-20/h1-11,13-14,17,25,28H,12,15-16,18H2,(H,29,30)(H,31,32)/t25-/m0/s1. The van der Waals surface area contributed by atoms with E-state index >= 15 is 0 Å². The Kier molecular flexibility index (Phi) is 7.05. The van der Waals surface area contributed by atoms with Crippen molar-refractivity contribution in [1.29, 1.82) is 0 Å². The Labute approximate surface area is 192 Å². The van der Waals surface area contributed by atoms with Crippen LogP contribution in [0, 0.1) is 0 Å². The number of benzene rings is 3. The molecule has 0 aliphatic rings. The lowest BCUT2D eigenvalue weighted by Crippen LogP contribution is -2.42. The minimum absolute atomic E-state index is 0.210. The third-order valence-corrected chi connectivity index (χ3v) is 5.54. The molecule has 0 bridgehead atoms. The molecule has 3 N–H and O–H groups in total. The zero-order valence-corrected chi connectivity index (χ0v) is 18.2. The van der Waals surface area contributed by atoms with Crippen LogP contribution in [0.15, 0.2) is 85.1 Å². The van der Waals surface area contributed by atoms with Crippen LogP contribution in [-0.4, -0.2) is 28.0 Å². The lowest BCUT2D eigenvalue weighted by molar-refractivity contribution is -0.141. The highest BCUT2D eigenvalue weighted by molar-refractivity contribution is 5.86. The maximum atomic E-state index is 12.4. The van der Waals surface area contributed by atoms with Crippen molar-refractivity contribution in [2.75, 3.05) is 0 Å². The van der Waals surface area contributed by atoms with E-state index in [0.717, 1.165) is 33.3 Å². The largest absolute Gasteiger partial charge is 0.489 e. The first kappa shape index (κ1) is 22.1. The molecule has 4 rings (SSSR count). The summed E-state index contributed by atoms with van der Waals surface area (Å²) in [7, 11) is 0. The van der Waals surface area contributed by atoms with Crippen LogP contribution in [0.2, 0.25) is 0 Å². The van der Waals surface area contributed by atoms with Crippen molar-refractivity contribution < 1.29 is 19.4 Å². The third kappa shape index (κ3) is 6.01. The molecule has 1 aromatic heterocycles. The first-order chi connectivity index (χ1) is 16.1. The number of carboxylic acids is 1. The van der Waals surface area contributed by atoms with Gasteiger partial charge < -0.3 is 20.1 Å². The van der Waals surface area contributed by atoms with E-state index in [0.29, 0.717) is 13.0 Å². The van der Waals surface area contributed by atoms with Crippen molar-refractivity contribution in [3.05, 3.63) is 102 Å². The second kappa shape index (κ2) is 10.5. The summed E-state index contributed by atoms with van der Waals surface area (Å²) in [5.74, 6) is -0.572. The summed E-state index contributed by atoms with van der Waals surface area (Å²) in [6.07, 6.45) is 2.75. The quantitative estimate of drug-likeness (QED) is 0.337. The maximum Gasteiger partial charge on any atom is 0.326 e. The Morgan fingerprint density at radius 3 is 2.39 bits per heavy atom. The first-order valence-electron chi connectivity index (χ1n) is 10.9.